The van der Waals surface area contributed by atoms with Crippen LogP contribution in [0.2, 0.25) is 0 Å². The number of hydrogen-bond acceptors (Lipinski definition) is 6. The number of nitrogens with one attached hydrogen (secondary N) is 1. The number of likely N-dealkylation sites (N-methyl/N-ethyl adjacent to an activating group) is 1. The molecule has 1 fully saturated rings. The fourth-order valence-corrected chi connectivity index (χ4v) is 4.07. The second-order valence-electron chi connectivity index (χ2n) is 7.82. The summed E-state index contributed by atoms with van der Waals surface area (Å²) in [6.07, 6.45) is 6.80. The first-order chi connectivity index (χ1) is 14.5. The van der Waals surface area contributed by atoms with Crippen LogP contribution < -0.4 is 10.1 Å². The van der Waals surface area contributed by atoms with Crippen molar-refractivity contribution in [2.75, 3.05) is 20.2 Å². The van der Waals surface area contributed by atoms with Crippen LogP contribution in [0.25, 0.3) is 28.2 Å². The van der Waals surface area contributed by atoms with Crippen LogP contribution in [0.15, 0.2) is 18.8 Å². The molecule has 0 spiro atoms. The molecule has 160 valence electrons. The molecular weight excluding hydrogens is 380 g/mol. The number of fused-ring (bicyclic) bond motifs is 1. The molecule has 0 aromatic carbocycles. The minimum Gasteiger partial charge on any atom is -0.473 e. The molecule has 2 atom stereocenters. The molecule has 1 aliphatic heterocycles. The van der Waals surface area contributed by atoms with E-state index in [0.717, 1.165) is 66.0 Å². The van der Waals surface area contributed by atoms with Crippen LogP contribution in [0.3, 0.4) is 0 Å². The van der Waals surface area contributed by atoms with Crippen molar-refractivity contribution < 1.29 is 9.47 Å². The van der Waals surface area contributed by atoms with Crippen molar-refractivity contribution in [3.63, 3.8) is 0 Å². The Labute approximate surface area is 176 Å². The maximum Gasteiger partial charge on any atom is 0.221 e. The average Bonchev–Trinajstić information content (AvgIpc) is 3.25. The van der Waals surface area contributed by atoms with Gasteiger partial charge < -0.3 is 14.8 Å². The van der Waals surface area contributed by atoms with Gasteiger partial charge in [0.1, 0.15) is 6.10 Å². The minimum absolute atomic E-state index is 0.00205. The number of aromatic nitrogens is 5. The number of hydrogen-bond donors (Lipinski definition) is 1. The molecule has 1 N–H and O–H groups in total. The van der Waals surface area contributed by atoms with Crippen molar-refractivity contribution in [1.82, 2.24) is 29.9 Å². The number of rotatable bonds is 7. The molecule has 8 nitrogen and oxygen atoms in total. The highest BCUT2D eigenvalue weighted by atomic mass is 16.5. The van der Waals surface area contributed by atoms with Crippen molar-refractivity contribution in [3.8, 4) is 17.1 Å². The lowest BCUT2D eigenvalue weighted by molar-refractivity contribution is -0.0367. The average molecular weight is 411 g/mol. The van der Waals surface area contributed by atoms with E-state index in [1.165, 1.54) is 0 Å². The summed E-state index contributed by atoms with van der Waals surface area (Å²) >= 11 is 0. The van der Waals surface area contributed by atoms with Crippen molar-refractivity contribution >= 4 is 17.0 Å². The second kappa shape index (κ2) is 8.57. The van der Waals surface area contributed by atoms with E-state index >= 15 is 0 Å². The van der Waals surface area contributed by atoms with Crippen molar-refractivity contribution in [1.29, 1.82) is 0 Å². The molecule has 3 aromatic heterocycles. The summed E-state index contributed by atoms with van der Waals surface area (Å²) in [5.74, 6) is 0.713. The van der Waals surface area contributed by atoms with E-state index in [9.17, 15) is 0 Å². The Bertz CT molecular complexity index is 1050. The quantitative estimate of drug-likeness (QED) is 0.643. The predicted octanol–water partition coefficient (Wildman–Crippen LogP) is 3.47. The Morgan fingerprint density at radius 3 is 2.93 bits per heavy atom. The zero-order valence-corrected chi connectivity index (χ0v) is 18.2. The molecule has 8 heteroatoms. The Balaban J connectivity index is 1.78. The van der Waals surface area contributed by atoms with Crippen LogP contribution in [-0.2, 0) is 11.8 Å². The molecule has 30 heavy (non-hydrogen) atoms. The summed E-state index contributed by atoms with van der Waals surface area (Å²) in [7, 11) is 3.80. The zero-order chi connectivity index (χ0) is 21.3. The maximum absolute atomic E-state index is 6.20. The minimum atomic E-state index is -0.0518. The summed E-state index contributed by atoms with van der Waals surface area (Å²) in [5.41, 5.74) is 4.37. The SMILES string of the molecule is C=Cc1nn(C2CCCCO2)c2cnc(-c3c(C)nn(C)c3O[C@@H](C)CNC)cc12. The van der Waals surface area contributed by atoms with Crippen LogP contribution in [-0.4, -0.2) is 50.8 Å². The van der Waals surface area contributed by atoms with Crippen LogP contribution >= 0.6 is 0 Å². The summed E-state index contributed by atoms with van der Waals surface area (Å²) in [5, 5.41) is 13.5. The fourth-order valence-electron chi connectivity index (χ4n) is 4.07. The summed E-state index contributed by atoms with van der Waals surface area (Å²) in [4.78, 5) is 4.77. The van der Waals surface area contributed by atoms with Crippen molar-refractivity contribution in [3.05, 3.63) is 30.2 Å². The summed E-state index contributed by atoms with van der Waals surface area (Å²) in [6, 6.07) is 2.05. The Morgan fingerprint density at radius 1 is 1.40 bits per heavy atom. The smallest absolute Gasteiger partial charge is 0.221 e. The van der Waals surface area contributed by atoms with E-state index in [2.05, 4.69) is 23.1 Å². The number of pyridine rings is 1. The van der Waals surface area contributed by atoms with Gasteiger partial charge in [0.25, 0.3) is 0 Å². The van der Waals surface area contributed by atoms with Gasteiger partial charge in [0.2, 0.25) is 5.88 Å². The standard InChI is InChI=1S/C22H30N6O2/c1-6-17-16-11-18(21-15(3)25-27(5)22(21)30-14(2)12-23-4)24-13-19(16)28(26-17)20-9-7-8-10-29-20/h6,11,13-14,20,23H,1,7-10,12H2,2-5H3/t14-,20?/m0/s1. The lowest BCUT2D eigenvalue weighted by Crippen LogP contribution is -2.27. The van der Waals surface area contributed by atoms with Crippen molar-refractivity contribution in [2.24, 2.45) is 7.05 Å². The molecule has 0 amide bonds. The van der Waals surface area contributed by atoms with Crippen LogP contribution in [0.5, 0.6) is 5.88 Å². The number of aryl methyl sites for hydroxylation is 2. The molecule has 1 aliphatic rings. The van der Waals surface area contributed by atoms with Crippen molar-refractivity contribution in [2.45, 2.75) is 45.4 Å². The fraction of sp³-hybridized carbons (Fsp3) is 0.500. The van der Waals surface area contributed by atoms with Gasteiger partial charge in [0, 0.05) is 25.6 Å². The van der Waals surface area contributed by atoms with Gasteiger partial charge in [-0.15, -0.1) is 0 Å². The van der Waals surface area contributed by atoms with Gasteiger partial charge in [-0.1, -0.05) is 6.58 Å². The largest absolute Gasteiger partial charge is 0.473 e. The normalized spacial score (nSPS) is 17.9. The third kappa shape index (κ3) is 3.73. The van der Waals surface area contributed by atoms with Gasteiger partial charge in [-0.2, -0.15) is 10.2 Å². The lowest BCUT2D eigenvalue weighted by atomic mass is 10.1. The third-order valence-corrected chi connectivity index (χ3v) is 5.47. The van der Waals surface area contributed by atoms with Gasteiger partial charge in [0.05, 0.1) is 34.4 Å². The van der Waals surface area contributed by atoms with Gasteiger partial charge in [-0.05, 0) is 52.3 Å². The topological polar surface area (TPSA) is 79.0 Å². The van der Waals surface area contributed by atoms with Gasteiger partial charge in [0.15, 0.2) is 6.23 Å². The first-order valence-electron chi connectivity index (χ1n) is 10.5. The zero-order valence-electron chi connectivity index (χ0n) is 18.2. The maximum atomic E-state index is 6.20. The first kappa shape index (κ1) is 20.6. The monoisotopic (exact) mass is 410 g/mol. The van der Waals surface area contributed by atoms with E-state index in [0.29, 0.717) is 5.88 Å². The first-order valence-corrected chi connectivity index (χ1v) is 10.5. The highest BCUT2D eigenvalue weighted by Gasteiger charge is 2.24. The Morgan fingerprint density at radius 2 is 2.23 bits per heavy atom. The van der Waals surface area contributed by atoms with E-state index < -0.39 is 0 Å². The molecule has 0 aliphatic carbocycles. The lowest BCUT2D eigenvalue weighted by Gasteiger charge is -2.23. The Kier molecular flexibility index (Phi) is 5.87. The highest BCUT2D eigenvalue weighted by molar-refractivity contribution is 5.90. The summed E-state index contributed by atoms with van der Waals surface area (Å²) in [6.45, 7) is 9.47. The molecule has 0 bridgehead atoms. The van der Waals surface area contributed by atoms with Gasteiger partial charge >= 0.3 is 0 Å². The molecule has 4 heterocycles. The van der Waals surface area contributed by atoms with Gasteiger partial charge in [-0.25, -0.2) is 9.36 Å². The molecule has 0 radical (unpaired) electrons. The molecule has 3 aromatic rings. The predicted molar refractivity (Wildman–Crippen MR) is 117 cm³/mol. The van der Waals surface area contributed by atoms with Crippen LogP contribution in [0.4, 0.5) is 0 Å². The molecular formula is C22H30N6O2. The van der Waals surface area contributed by atoms with E-state index in [1.807, 2.05) is 38.8 Å². The number of nitrogens with zero attached hydrogens (tertiary/aromatic N) is 5. The molecule has 0 saturated carbocycles. The molecule has 4 rings (SSSR count). The van der Waals surface area contributed by atoms with E-state index in [4.69, 9.17) is 19.6 Å². The van der Waals surface area contributed by atoms with Gasteiger partial charge in [-0.3, -0.25) is 4.98 Å². The van der Waals surface area contributed by atoms with E-state index in [-0.39, 0.29) is 12.3 Å². The second-order valence-corrected chi connectivity index (χ2v) is 7.82. The molecule has 1 unspecified atom stereocenters. The van der Waals surface area contributed by atoms with Crippen LogP contribution in [0.1, 0.15) is 43.8 Å². The van der Waals surface area contributed by atoms with Crippen LogP contribution in [0, 0.1) is 6.92 Å². The third-order valence-electron chi connectivity index (χ3n) is 5.47. The Hall–Kier alpha value is -2.71. The molecule has 1 saturated heterocycles. The van der Waals surface area contributed by atoms with E-state index in [1.54, 1.807) is 10.8 Å². The summed E-state index contributed by atoms with van der Waals surface area (Å²) < 4.78 is 15.9. The highest BCUT2D eigenvalue weighted by Crippen LogP contribution is 2.35. The number of ether oxygens (including phenoxy) is 2.